The number of aromatic nitrogens is 3. The molecule has 0 unspecified atom stereocenters. The summed E-state index contributed by atoms with van der Waals surface area (Å²) in [6.45, 7) is 0. The molecule has 3 heterocycles. The molecule has 0 spiro atoms. The van der Waals surface area contributed by atoms with Gasteiger partial charge in [0.1, 0.15) is 11.8 Å². The van der Waals surface area contributed by atoms with Crippen LogP contribution in [0, 0.1) is 0 Å². The summed E-state index contributed by atoms with van der Waals surface area (Å²) in [5.41, 5.74) is 3.75. The number of carboxylic acids is 1. The van der Waals surface area contributed by atoms with Gasteiger partial charge in [0.2, 0.25) is 0 Å². The first-order valence-electron chi connectivity index (χ1n) is 7.41. The van der Waals surface area contributed by atoms with Gasteiger partial charge in [0.15, 0.2) is 0 Å². The highest BCUT2D eigenvalue weighted by Gasteiger charge is 2.33. The molecule has 0 amide bonds. The average molecular weight is 312 g/mol. The molecule has 0 bridgehead atoms. The molecule has 0 radical (unpaired) electrons. The number of benzene rings is 1. The van der Waals surface area contributed by atoms with E-state index in [-0.39, 0.29) is 11.8 Å². The van der Waals surface area contributed by atoms with Crippen molar-refractivity contribution in [3.05, 3.63) is 47.7 Å². The minimum absolute atomic E-state index is 0.158. The monoisotopic (exact) mass is 312 g/mol. The van der Waals surface area contributed by atoms with Crippen LogP contribution in [-0.2, 0) is 17.6 Å². The predicted octanol–water partition coefficient (Wildman–Crippen LogP) is 1.48. The molecule has 2 aromatic heterocycles. The van der Waals surface area contributed by atoms with Gasteiger partial charge < -0.3 is 20.2 Å². The van der Waals surface area contributed by atoms with Gasteiger partial charge >= 0.3 is 5.97 Å². The number of hydrogen-bond donors (Lipinski definition) is 5. The summed E-state index contributed by atoms with van der Waals surface area (Å²) in [7, 11) is 0. The maximum absolute atomic E-state index is 11.5. The number of aromatic hydroxyl groups is 1. The Labute approximate surface area is 131 Å². The molecule has 7 nitrogen and oxygen atoms in total. The maximum Gasteiger partial charge on any atom is 0.321 e. The summed E-state index contributed by atoms with van der Waals surface area (Å²) in [6.07, 6.45) is 4.33. The van der Waals surface area contributed by atoms with Gasteiger partial charge in [-0.15, -0.1) is 0 Å². The van der Waals surface area contributed by atoms with Crippen LogP contribution in [0.4, 0.5) is 0 Å². The number of hydrogen-bond acceptors (Lipinski definition) is 4. The third kappa shape index (κ3) is 2.35. The Hall–Kier alpha value is -2.80. The fraction of sp³-hybridized carbons (Fsp3) is 0.250. The van der Waals surface area contributed by atoms with Crippen LogP contribution in [0.3, 0.4) is 0 Å². The third-order valence-corrected chi connectivity index (χ3v) is 4.36. The Kier molecular flexibility index (Phi) is 3.09. The van der Waals surface area contributed by atoms with Crippen molar-refractivity contribution >= 4 is 16.9 Å². The van der Waals surface area contributed by atoms with E-state index in [1.165, 1.54) is 0 Å². The Morgan fingerprint density at radius 2 is 2.26 bits per heavy atom. The molecule has 23 heavy (non-hydrogen) atoms. The number of aromatic amines is 2. The lowest BCUT2D eigenvalue weighted by Crippen LogP contribution is -2.45. The van der Waals surface area contributed by atoms with Gasteiger partial charge in [0, 0.05) is 41.3 Å². The van der Waals surface area contributed by atoms with Gasteiger partial charge in [-0.2, -0.15) is 0 Å². The lowest BCUT2D eigenvalue weighted by Gasteiger charge is -2.29. The van der Waals surface area contributed by atoms with Crippen LogP contribution in [0.15, 0.2) is 30.7 Å². The topological polar surface area (TPSA) is 114 Å². The van der Waals surface area contributed by atoms with E-state index >= 15 is 0 Å². The third-order valence-electron chi connectivity index (χ3n) is 4.36. The Morgan fingerprint density at radius 3 is 3.00 bits per heavy atom. The summed E-state index contributed by atoms with van der Waals surface area (Å²) in [5, 5.41) is 23.2. The van der Waals surface area contributed by atoms with E-state index in [2.05, 4.69) is 20.3 Å². The summed E-state index contributed by atoms with van der Waals surface area (Å²) in [5.74, 6) is -0.699. The normalized spacial score (nSPS) is 20.5. The van der Waals surface area contributed by atoms with E-state index < -0.39 is 12.0 Å². The van der Waals surface area contributed by atoms with E-state index in [1.807, 2.05) is 6.07 Å². The number of H-pyrrole nitrogens is 2. The lowest BCUT2D eigenvalue weighted by molar-refractivity contribution is -0.139. The molecule has 4 rings (SSSR count). The van der Waals surface area contributed by atoms with Crippen molar-refractivity contribution in [2.75, 3.05) is 0 Å². The molecular weight excluding hydrogens is 296 g/mol. The van der Waals surface area contributed by atoms with Gasteiger partial charge in [-0.05, 0) is 23.8 Å². The zero-order valence-electron chi connectivity index (χ0n) is 12.2. The molecule has 118 valence electrons. The second kappa shape index (κ2) is 5.13. The number of phenols is 1. The van der Waals surface area contributed by atoms with E-state index in [4.69, 9.17) is 0 Å². The molecule has 7 heteroatoms. The van der Waals surface area contributed by atoms with Crippen LogP contribution in [0.25, 0.3) is 10.9 Å². The van der Waals surface area contributed by atoms with Gasteiger partial charge in [-0.1, -0.05) is 0 Å². The highest BCUT2D eigenvalue weighted by atomic mass is 16.4. The van der Waals surface area contributed by atoms with Gasteiger partial charge in [0.25, 0.3) is 0 Å². The quantitative estimate of drug-likeness (QED) is 0.502. The number of phenolic OH excluding ortho intramolecular Hbond substituents is 1. The minimum atomic E-state index is -0.875. The van der Waals surface area contributed by atoms with Crippen molar-refractivity contribution in [3.63, 3.8) is 0 Å². The molecule has 2 atom stereocenters. The summed E-state index contributed by atoms with van der Waals surface area (Å²) in [6, 6.07) is 4.30. The van der Waals surface area contributed by atoms with Crippen molar-refractivity contribution in [2.24, 2.45) is 0 Å². The number of nitrogens with zero attached hydrogens (tertiary/aromatic N) is 1. The van der Waals surface area contributed by atoms with E-state index in [0.29, 0.717) is 12.8 Å². The molecule has 0 fully saturated rings. The highest BCUT2D eigenvalue weighted by molar-refractivity contribution is 5.88. The van der Waals surface area contributed by atoms with Crippen molar-refractivity contribution < 1.29 is 15.0 Å². The molecule has 3 aromatic rings. The van der Waals surface area contributed by atoms with Crippen LogP contribution in [0.2, 0.25) is 0 Å². The number of imidazole rings is 1. The van der Waals surface area contributed by atoms with Crippen molar-refractivity contribution in [1.29, 1.82) is 0 Å². The Morgan fingerprint density at radius 1 is 1.39 bits per heavy atom. The molecule has 1 aliphatic rings. The average Bonchev–Trinajstić information content (AvgIpc) is 3.14. The largest absolute Gasteiger partial charge is 0.508 e. The number of aliphatic carboxylic acids is 1. The van der Waals surface area contributed by atoms with E-state index in [1.54, 1.807) is 24.7 Å². The number of carbonyl (C=O) groups is 1. The molecule has 0 saturated carbocycles. The lowest BCUT2D eigenvalue weighted by atomic mass is 9.92. The first-order valence-corrected chi connectivity index (χ1v) is 7.41. The molecular formula is C16H16N4O3. The standard InChI is InChI=1S/C16H16N4O3/c21-9-1-2-12-10(4-9)11-5-14(16(22)23)19-13(15(11)20-12)3-8-6-17-7-18-8/h1-2,4,6-7,13-14,19-21H,3,5H2,(H,17,18)(H,22,23)/t13-,14-/m0/s1. The summed E-state index contributed by atoms with van der Waals surface area (Å²) >= 11 is 0. The van der Waals surface area contributed by atoms with Crippen LogP contribution in [0.1, 0.15) is 23.0 Å². The SMILES string of the molecule is O=C(O)[C@@H]1Cc2c([nH]c3ccc(O)cc23)[C@H](Cc2cnc[nH]2)N1. The number of carboxylic acid groups (broad SMARTS) is 1. The number of nitrogens with one attached hydrogen (secondary N) is 3. The van der Waals surface area contributed by atoms with E-state index in [9.17, 15) is 15.0 Å². The fourth-order valence-corrected chi connectivity index (χ4v) is 3.30. The van der Waals surface area contributed by atoms with Crippen LogP contribution < -0.4 is 5.32 Å². The van der Waals surface area contributed by atoms with Gasteiger partial charge in [0.05, 0.1) is 12.4 Å². The van der Waals surface area contributed by atoms with Crippen LogP contribution in [-0.4, -0.2) is 37.2 Å². The second-order valence-corrected chi connectivity index (χ2v) is 5.84. The molecule has 5 N–H and O–H groups in total. The maximum atomic E-state index is 11.5. The minimum Gasteiger partial charge on any atom is -0.508 e. The molecule has 0 aliphatic carbocycles. The van der Waals surface area contributed by atoms with Gasteiger partial charge in [-0.3, -0.25) is 10.1 Å². The number of fused-ring (bicyclic) bond motifs is 3. The zero-order chi connectivity index (χ0) is 16.0. The molecule has 0 saturated heterocycles. The smallest absolute Gasteiger partial charge is 0.321 e. The first-order chi connectivity index (χ1) is 11.1. The summed E-state index contributed by atoms with van der Waals surface area (Å²) < 4.78 is 0. The summed E-state index contributed by atoms with van der Waals surface area (Å²) in [4.78, 5) is 21.9. The zero-order valence-corrected chi connectivity index (χ0v) is 12.2. The van der Waals surface area contributed by atoms with E-state index in [0.717, 1.165) is 27.9 Å². The Bertz CT molecular complexity index is 869. The van der Waals surface area contributed by atoms with Crippen molar-refractivity contribution in [3.8, 4) is 5.75 Å². The fourth-order valence-electron chi connectivity index (χ4n) is 3.30. The van der Waals surface area contributed by atoms with Crippen LogP contribution in [0.5, 0.6) is 5.75 Å². The van der Waals surface area contributed by atoms with Crippen molar-refractivity contribution in [2.45, 2.75) is 24.9 Å². The number of rotatable bonds is 3. The molecule has 1 aliphatic heterocycles. The first kappa shape index (κ1) is 13.8. The molecule has 1 aromatic carbocycles. The second-order valence-electron chi connectivity index (χ2n) is 5.84. The van der Waals surface area contributed by atoms with Crippen LogP contribution >= 0.6 is 0 Å². The van der Waals surface area contributed by atoms with Gasteiger partial charge in [-0.25, -0.2) is 4.98 Å². The predicted molar refractivity (Wildman–Crippen MR) is 83.3 cm³/mol. The highest BCUT2D eigenvalue weighted by Crippen LogP contribution is 2.34. The van der Waals surface area contributed by atoms with Crippen molar-refractivity contribution in [1.82, 2.24) is 20.3 Å². The Balaban J connectivity index is 1.82.